The number of likely N-dealkylation sites (tertiary alicyclic amines) is 1. The Hall–Kier alpha value is -1.78. The van der Waals surface area contributed by atoms with E-state index in [1.165, 1.54) is 38.8 Å². The van der Waals surface area contributed by atoms with Crippen LogP contribution in [0.1, 0.15) is 38.5 Å². The molecule has 2 aliphatic rings. The largest absolute Gasteiger partial charge is 0.356 e. The number of nitrogens with zero attached hydrogens (tertiary/aromatic N) is 3. The van der Waals surface area contributed by atoms with Gasteiger partial charge >= 0.3 is 0 Å². The zero-order valence-corrected chi connectivity index (χ0v) is 14.8. The van der Waals surface area contributed by atoms with Crippen LogP contribution in [-0.4, -0.2) is 42.1 Å². The van der Waals surface area contributed by atoms with Crippen molar-refractivity contribution in [1.82, 2.24) is 14.8 Å². The predicted octanol–water partition coefficient (Wildman–Crippen LogP) is 2.33. The standard InChI is InChI=1S/C19H30N4O/c1-20-19(23-14-16-8-2-3-9-17(16)15-23)21-11-5-7-13-22-12-6-4-10-18(22)24/h4,6,10,12,16-17H,2-3,5,7-9,11,13-15H2,1H3,(H,20,21). The molecule has 24 heavy (non-hydrogen) atoms. The van der Waals surface area contributed by atoms with Gasteiger partial charge in [-0.05, 0) is 43.6 Å². The Morgan fingerprint density at radius 1 is 1.21 bits per heavy atom. The molecule has 1 aromatic heterocycles. The van der Waals surface area contributed by atoms with Crippen LogP contribution >= 0.6 is 0 Å². The number of hydrogen-bond acceptors (Lipinski definition) is 2. The molecule has 1 saturated heterocycles. The van der Waals surface area contributed by atoms with E-state index >= 15 is 0 Å². The van der Waals surface area contributed by atoms with Crippen molar-refractivity contribution in [3.05, 3.63) is 34.7 Å². The average Bonchev–Trinajstić information content (AvgIpc) is 3.03. The lowest BCUT2D eigenvalue weighted by molar-refractivity contribution is 0.299. The van der Waals surface area contributed by atoms with E-state index in [9.17, 15) is 4.79 Å². The number of aryl methyl sites for hydroxylation is 1. The third-order valence-corrected chi connectivity index (χ3v) is 5.50. The Labute approximate surface area is 144 Å². The molecule has 3 rings (SSSR count). The monoisotopic (exact) mass is 330 g/mol. The molecule has 5 nitrogen and oxygen atoms in total. The third kappa shape index (κ3) is 4.19. The zero-order chi connectivity index (χ0) is 16.8. The van der Waals surface area contributed by atoms with Gasteiger partial charge in [-0.1, -0.05) is 18.9 Å². The van der Waals surface area contributed by atoms with E-state index < -0.39 is 0 Å². The molecule has 2 fully saturated rings. The van der Waals surface area contributed by atoms with E-state index in [0.29, 0.717) is 0 Å². The minimum atomic E-state index is 0.0842. The van der Waals surface area contributed by atoms with Crippen LogP contribution in [0.2, 0.25) is 0 Å². The minimum Gasteiger partial charge on any atom is -0.356 e. The molecule has 0 amide bonds. The summed E-state index contributed by atoms with van der Waals surface area (Å²) in [7, 11) is 1.88. The second-order valence-corrected chi connectivity index (χ2v) is 7.12. The minimum absolute atomic E-state index is 0.0842. The van der Waals surface area contributed by atoms with Gasteiger partial charge in [0.15, 0.2) is 5.96 Å². The van der Waals surface area contributed by atoms with Crippen LogP contribution < -0.4 is 10.9 Å². The Balaban J connectivity index is 1.39. The quantitative estimate of drug-likeness (QED) is 0.512. The molecule has 5 heteroatoms. The van der Waals surface area contributed by atoms with Crippen LogP contribution in [-0.2, 0) is 6.54 Å². The number of unbranched alkanes of at least 4 members (excludes halogenated alkanes) is 1. The summed E-state index contributed by atoms with van der Waals surface area (Å²) in [6.45, 7) is 4.04. The number of hydrogen-bond donors (Lipinski definition) is 1. The second kappa shape index (κ2) is 8.36. The summed E-state index contributed by atoms with van der Waals surface area (Å²) in [6.07, 6.45) is 9.49. The van der Waals surface area contributed by atoms with Gasteiger partial charge < -0.3 is 14.8 Å². The lowest BCUT2D eigenvalue weighted by atomic mass is 9.82. The lowest BCUT2D eigenvalue weighted by Crippen LogP contribution is -2.40. The molecule has 0 bridgehead atoms. The van der Waals surface area contributed by atoms with Gasteiger partial charge in [-0.25, -0.2) is 0 Å². The molecule has 0 radical (unpaired) electrons. The van der Waals surface area contributed by atoms with Crippen LogP contribution in [0.3, 0.4) is 0 Å². The number of aromatic nitrogens is 1. The van der Waals surface area contributed by atoms with E-state index in [1.54, 1.807) is 16.7 Å². The Kier molecular flexibility index (Phi) is 5.94. The van der Waals surface area contributed by atoms with Gasteiger partial charge in [-0.2, -0.15) is 0 Å². The molecule has 1 aliphatic heterocycles. The van der Waals surface area contributed by atoms with Crippen molar-refractivity contribution in [2.24, 2.45) is 16.8 Å². The summed E-state index contributed by atoms with van der Waals surface area (Å²) in [6, 6.07) is 5.32. The normalized spacial score (nSPS) is 24.0. The number of rotatable bonds is 5. The van der Waals surface area contributed by atoms with E-state index in [-0.39, 0.29) is 5.56 Å². The number of fused-ring (bicyclic) bond motifs is 1. The van der Waals surface area contributed by atoms with Crippen molar-refractivity contribution in [3.63, 3.8) is 0 Å². The Bertz CT molecular complexity index is 595. The summed E-state index contributed by atoms with van der Waals surface area (Å²) < 4.78 is 1.78. The number of pyridine rings is 1. The van der Waals surface area contributed by atoms with Crippen LogP contribution in [0.5, 0.6) is 0 Å². The van der Waals surface area contributed by atoms with E-state index in [4.69, 9.17) is 0 Å². The van der Waals surface area contributed by atoms with Crippen molar-refractivity contribution < 1.29 is 0 Å². The van der Waals surface area contributed by atoms with E-state index in [2.05, 4.69) is 15.2 Å². The zero-order valence-electron chi connectivity index (χ0n) is 14.8. The molecule has 2 heterocycles. The first-order valence-corrected chi connectivity index (χ1v) is 9.39. The average molecular weight is 330 g/mol. The molecular formula is C19H30N4O. The molecule has 1 saturated carbocycles. The lowest BCUT2D eigenvalue weighted by Gasteiger charge is -2.22. The van der Waals surface area contributed by atoms with Gasteiger partial charge in [0.2, 0.25) is 5.56 Å². The summed E-state index contributed by atoms with van der Waals surface area (Å²) in [5, 5.41) is 3.51. The van der Waals surface area contributed by atoms with E-state index in [1.807, 2.05) is 19.3 Å². The number of aliphatic imine (C=N–C) groups is 1. The summed E-state index contributed by atoms with van der Waals surface area (Å²) in [4.78, 5) is 18.6. The predicted molar refractivity (Wildman–Crippen MR) is 98.3 cm³/mol. The highest BCUT2D eigenvalue weighted by Crippen LogP contribution is 2.35. The molecule has 2 unspecified atom stereocenters. The maximum absolute atomic E-state index is 11.7. The summed E-state index contributed by atoms with van der Waals surface area (Å²) in [5.74, 6) is 2.81. The molecule has 0 aromatic carbocycles. The molecule has 1 aromatic rings. The molecule has 1 aliphatic carbocycles. The highest BCUT2D eigenvalue weighted by Gasteiger charge is 2.35. The highest BCUT2D eigenvalue weighted by molar-refractivity contribution is 5.80. The van der Waals surface area contributed by atoms with Crippen molar-refractivity contribution >= 4 is 5.96 Å². The maximum atomic E-state index is 11.7. The van der Waals surface area contributed by atoms with Gasteiger partial charge in [0.25, 0.3) is 0 Å². The first-order valence-electron chi connectivity index (χ1n) is 9.39. The second-order valence-electron chi connectivity index (χ2n) is 7.12. The van der Waals surface area contributed by atoms with Crippen LogP contribution in [0, 0.1) is 11.8 Å². The Morgan fingerprint density at radius 2 is 1.96 bits per heavy atom. The van der Waals surface area contributed by atoms with Crippen LogP contribution in [0.15, 0.2) is 34.2 Å². The number of nitrogens with one attached hydrogen (secondary N) is 1. The molecular weight excluding hydrogens is 300 g/mol. The van der Waals surface area contributed by atoms with Crippen molar-refractivity contribution in [3.8, 4) is 0 Å². The van der Waals surface area contributed by atoms with Gasteiger partial charge in [0, 0.05) is 45.5 Å². The van der Waals surface area contributed by atoms with Crippen molar-refractivity contribution in [1.29, 1.82) is 0 Å². The van der Waals surface area contributed by atoms with Crippen molar-refractivity contribution in [2.75, 3.05) is 26.7 Å². The van der Waals surface area contributed by atoms with Crippen LogP contribution in [0.4, 0.5) is 0 Å². The van der Waals surface area contributed by atoms with Gasteiger partial charge in [0.05, 0.1) is 0 Å². The SMILES string of the molecule is CN=C(NCCCCn1ccccc1=O)N1CC2CCCCC2C1. The molecule has 1 N–H and O–H groups in total. The topological polar surface area (TPSA) is 49.6 Å². The van der Waals surface area contributed by atoms with Gasteiger partial charge in [-0.15, -0.1) is 0 Å². The first kappa shape index (κ1) is 17.1. The van der Waals surface area contributed by atoms with Gasteiger partial charge in [0.1, 0.15) is 0 Å². The fourth-order valence-corrected chi connectivity index (χ4v) is 4.16. The molecule has 132 valence electrons. The van der Waals surface area contributed by atoms with Gasteiger partial charge in [-0.3, -0.25) is 9.79 Å². The smallest absolute Gasteiger partial charge is 0.250 e. The summed E-state index contributed by atoms with van der Waals surface area (Å²) in [5.41, 5.74) is 0.0842. The Morgan fingerprint density at radius 3 is 2.62 bits per heavy atom. The van der Waals surface area contributed by atoms with Crippen LogP contribution in [0.25, 0.3) is 0 Å². The number of guanidine groups is 1. The fourth-order valence-electron chi connectivity index (χ4n) is 4.16. The highest BCUT2D eigenvalue weighted by atomic mass is 16.1. The third-order valence-electron chi connectivity index (χ3n) is 5.50. The maximum Gasteiger partial charge on any atom is 0.250 e. The van der Waals surface area contributed by atoms with E-state index in [0.717, 1.165) is 43.7 Å². The summed E-state index contributed by atoms with van der Waals surface area (Å²) >= 11 is 0. The molecule has 2 atom stereocenters. The van der Waals surface area contributed by atoms with Crippen molar-refractivity contribution in [2.45, 2.75) is 45.1 Å². The molecule has 0 spiro atoms. The first-order chi connectivity index (χ1) is 11.8. The fraction of sp³-hybridized carbons (Fsp3) is 0.684.